The van der Waals surface area contributed by atoms with Gasteiger partial charge in [-0.25, -0.2) is 9.07 Å². The standard InChI is InChI=1S/C16H16FN5O2/c17-11-1-3-12(4-2-11)22-10-14(18-19-22)16(24)20-7-8-21-13(9-20)5-6-15(21)23/h1-4,10,13H,5-9H2. The average Bonchev–Trinajstić information content (AvgIpc) is 3.22. The number of nitrogens with zero attached hydrogens (tertiary/aromatic N) is 5. The molecule has 0 radical (unpaired) electrons. The number of amides is 2. The van der Waals surface area contributed by atoms with Gasteiger partial charge in [0.25, 0.3) is 5.91 Å². The third kappa shape index (κ3) is 2.53. The number of fused-ring (bicyclic) bond motifs is 1. The van der Waals surface area contributed by atoms with Gasteiger partial charge < -0.3 is 9.80 Å². The summed E-state index contributed by atoms with van der Waals surface area (Å²) in [5.74, 6) is -0.351. The fraction of sp³-hybridized carbons (Fsp3) is 0.375. The van der Waals surface area contributed by atoms with Crippen molar-refractivity contribution in [3.05, 3.63) is 42.0 Å². The number of rotatable bonds is 2. The first kappa shape index (κ1) is 14.8. The Morgan fingerprint density at radius 3 is 2.79 bits per heavy atom. The van der Waals surface area contributed by atoms with Crippen LogP contribution in [0.1, 0.15) is 23.3 Å². The molecule has 1 aromatic carbocycles. The summed E-state index contributed by atoms with van der Waals surface area (Å²) in [4.78, 5) is 27.9. The second-order valence-corrected chi connectivity index (χ2v) is 6.06. The van der Waals surface area contributed by atoms with E-state index in [9.17, 15) is 14.0 Å². The summed E-state index contributed by atoms with van der Waals surface area (Å²) in [6, 6.07) is 5.91. The molecule has 0 saturated carbocycles. The summed E-state index contributed by atoms with van der Waals surface area (Å²) in [6.45, 7) is 1.61. The van der Waals surface area contributed by atoms with E-state index in [1.165, 1.54) is 16.8 Å². The summed E-state index contributed by atoms with van der Waals surface area (Å²) >= 11 is 0. The van der Waals surface area contributed by atoms with Crippen LogP contribution in [0.5, 0.6) is 0 Å². The lowest BCUT2D eigenvalue weighted by molar-refractivity contribution is -0.130. The van der Waals surface area contributed by atoms with Crippen LogP contribution >= 0.6 is 0 Å². The molecule has 1 atom stereocenters. The first-order valence-corrected chi connectivity index (χ1v) is 7.89. The second kappa shape index (κ2) is 5.70. The third-order valence-electron chi connectivity index (χ3n) is 4.59. The lowest BCUT2D eigenvalue weighted by Crippen LogP contribution is -2.53. The van der Waals surface area contributed by atoms with Gasteiger partial charge in [-0.15, -0.1) is 5.10 Å². The number of hydrogen-bond donors (Lipinski definition) is 0. The van der Waals surface area contributed by atoms with Crippen molar-refractivity contribution in [1.82, 2.24) is 24.8 Å². The van der Waals surface area contributed by atoms with Gasteiger partial charge in [0.05, 0.1) is 11.9 Å². The second-order valence-electron chi connectivity index (χ2n) is 6.06. The topological polar surface area (TPSA) is 71.3 Å². The van der Waals surface area contributed by atoms with Crippen molar-refractivity contribution >= 4 is 11.8 Å². The zero-order chi connectivity index (χ0) is 16.7. The third-order valence-corrected chi connectivity index (χ3v) is 4.59. The predicted octanol–water partition coefficient (Wildman–Crippen LogP) is 0.853. The van der Waals surface area contributed by atoms with Crippen LogP contribution < -0.4 is 0 Å². The van der Waals surface area contributed by atoms with Crippen molar-refractivity contribution in [1.29, 1.82) is 0 Å². The van der Waals surface area contributed by atoms with Gasteiger partial charge in [0.1, 0.15) is 5.82 Å². The molecule has 1 unspecified atom stereocenters. The van der Waals surface area contributed by atoms with Gasteiger partial charge >= 0.3 is 0 Å². The van der Waals surface area contributed by atoms with Crippen LogP contribution in [0.2, 0.25) is 0 Å². The first-order chi connectivity index (χ1) is 11.6. The van der Waals surface area contributed by atoms with E-state index in [0.717, 1.165) is 6.42 Å². The Balaban J connectivity index is 1.49. The molecule has 7 nitrogen and oxygen atoms in total. The normalized spacial score (nSPS) is 20.4. The van der Waals surface area contributed by atoms with Crippen molar-refractivity contribution in [3.8, 4) is 5.69 Å². The number of hydrogen-bond acceptors (Lipinski definition) is 4. The first-order valence-electron chi connectivity index (χ1n) is 7.89. The Hall–Kier alpha value is -2.77. The fourth-order valence-electron chi connectivity index (χ4n) is 3.29. The van der Waals surface area contributed by atoms with Gasteiger partial charge in [0.2, 0.25) is 5.91 Å². The number of benzene rings is 1. The van der Waals surface area contributed by atoms with Crippen LogP contribution in [0.3, 0.4) is 0 Å². The molecule has 2 amide bonds. The Labute approximate surface area is 137 Å². The quantitative estimate of drug-likeness (QED) is 0.819. The largest absolute Gasteiger partial charge is 0.336 e. The van der Waals surface area contributed by atoms with Gasteiger partial charge in [-0.3, -0.25) is 9.59 Å². The Morgan fingerprint density at radius 1 is 1.21 bits per heavy atom. The highest BCUT2D eigenvalue weighted by Crippen LogP contribution is 2.23. The van der Waals surface area contributed by atoms with E-state index in [1.807, 2.05) is 4.90 Å². The molecular weight excluding hydrogens is 313 g/mol. The number of aromatic nitrogens is 3. The zero-order valence-electron chi connectivity index (χ0n) is 12.9. The molecule has 2 fully saturated rings. The SMILES string of the molecule is O=C(c1cn(-c2ccc(F)cc2)nn1)N1CCN2C(=O)CCC2C1. The summed E-state index contributed by atoms with van der Waals surface area (Å²) in [5, 5.41) is 7.88. The summed E-state index contributed by atoms with van der Waals surface area (Å²) in [6.07, 6.45) is 2.90. The minimum atomic E-state index is -0.334. The van der Waals surface area contributed by atoms with E-state index in [-0.39, 0.29) is 29.4 Å². The molecule has 0 aliphatic carbocycles. The minimum absolute atomic E-state index is 0.113. The van der Waals surface area contributed by atoms with Gasteiger partial charge in [0.15, 0.2) is 5.69 Å². The Kier molecular flexibility index (Phi) is 3.51. The summed E-state index contributed by atoms with van der Waals surface area (Å²) in [7, 11) is 0. The maximum Gasteiger partial charge on any atom is 0.276 e. The molecule has 0 N–H and O–H groups in total. The lowest BCUT2D eigenvalue weighted by atomic mass is 10.1. The molecular formula is C16H16FN5O2. The predicted molar refractivity (Wildman–Crippen MR) is 82.0 cm³/mol. The van der Waals surface area contributed by atoms with Crippen molar-refractivity contribution in [2.24, 2.45) is 0 Å². The van der Waals surface area contributed by atoms with Crippen LogP contribution in [0.25, 0.3) is 5.69 Å². The number of carbonyl (C=O) groups is 2. The van der Waals surface area contributed by atoms with Crippen molar-refractivity contribution < 1.29 is 14.0 Å². The van der Waals surface area contributed by atoms with E-state index < -0.39 is 0 Å². The highest BCUT2D eigenvalue weighted by atomic mass is 19.1. The van der Waals surface area contributed by atoms with E-state index in [4.69, 9.17) is 0 Å². The molecule has 8 heteroatoms. The molecule has 2 saturated heterocycles. The van der Waals surface area contributed by atoms with Crippen LogP contribution in [-0.4, -0.2) is 62.3 Å². The fourth-order valence-corrected chi connectivity index (χ4v) is 3.29. The van der Waals surface area contributed by atoms with E-state index in [2.05, 4.69) is 10.3 Å². The molecule has 1 aromatic heterocycles. The van der Waals surface area contributed by atoms with Gasteiger partial charge in [-0.2, -0.15) is 0 Å². The number of halogens is 1. The smallest absolute Gasteiger partial charge is 0.276 e. The van der Waals surface area contributed by atoms with E-state index in [1.54, 1.807) is 23.2 Å². The van der Waals surface area contributed by atoms with Gasteiger partial charge in [0, 0.05) is 32.1 Å². The number of carbonyl (C=O) groups excluding carboxylic acids is 2. The van der Waals surface area contributed by atoms with Crippen LogP contribution in [0, 0.1) is 5.82 Å². The minimum Gasteiger partial charge on any atom is -0.336 e. The maximum atomic E-state index is 13.0. The van der Waals surface area contributed by atoms with Crippen molar-refractivity contribution in [3.63, 3.8) is 0 Å². The molecule has 0 spiro atoms. The highest BCUT2D eigenvalue weighted by molar-refractivity contribution is 5.92. The maximum absolute atomic E-state index is 13.0. The molecule has 2 aliphatic heterocycles. The molecule has 0 bridgehead atoms. The van der Waals surface area contributed by atoms with Gasteiger partial charge in [-0.1, -0.05) is 5.21 Å². The molecule has 4 rings (SSSR count). The van der Waals surface area contributed by atoms with E-state index >= 15 is 0 Å². The molecule has 2 aromatic rings. The lowest BCUT2D eigenvalue weighted by Gasteiger charge is -2.37. The van der Waals surface area contributed by atoms with Crippen LogP contribution in [0.15, 0.2) is 30.5 Å². The van der Waals surface area contributed by atoms with E-state index in [0.29, 0.717) is 31.7 Å². The Bertz CT molecular complexity index is 788. The monoisotopic (exact) mass is 329 g/mol. The van der Waals surface area contributed by atoms with Crippen LogP contribution in [0.4, 0.5) is 4.39 Å². The summed E-state index contributed by atoms with van der Waals surface area (Å²) in [5.41, 5.74) is 0.881. The molecule has 3 heterocycles. The van der Waals surface area contributed by atoms with Gasteiger partial charge in [-0.05, 0) is 30.7 Å². The number of piperazine rings is 1. The molecule has 124 valence electrons. The molecule has 24 heavy (non-hydrogen) atoms. The van der Waals surface area contributed by atoms with Crippen molar-refractivity contribution in [2.45, 2.75) is 18.9 Å². The molecule has 2 aliphatic rings. The van der Waals surface area contributed by atoms with Crippen molar-refractivity contribution in [2.75, 3.05) is 19.6 Å². The van der Waals surface area contributed by atoms with Crippen LogP contribution in [-0.2, 0) is 4.79 Å². The zero-order valence-corrected chi connectivity index (χ0v) is 12.9. The average molecular weight is 329 g/mol. The summed E-state index contributed by atoms with van der Waals surface area (Å²) < 4.78 is 14.4. The highest BCUT2D eigenvalue weighted by Gasteiger charge is 2.37. The Morgan fingerprint density at radius 2 is 2.00 bits per heavy atom.